The van der Waals surface area contributed by atoms with E-state index in [9.17, 15) is 15.0 Å². The van der Waals surface area contributed by atoms with Crippen molar-refractivity contribution in [2.24, 2.45) is 34.5 Å². The van der Waals surface area contributed by atoms with Crippen LogP contribution in [-0.2, 0) is 4.79 Å². The number of fused-ring (bicyclic) bond motifs is 5. The van der Waals surface area contributed by atoms with Crippen molar-refractivity contribution in [3.63, 3.8) is 0 Å². The molecule has 4 aliphatic carbocycles. The molecule has 0 aromatic carbocycles. The third kappa shape index (κ3) is 2.44. The largest absolute Gasteiger partial charge is 0.393 e. The summed E-state index contributed by atoms with van der Waals surface area (Å²) in [4.78, 5) is 14.5. The Balaban J connectivity index is 1.68. The molecule has 0 aromatic heterocycles. The van der Waals surface area contributed by atoms with Gasteiger partial charge < -0.3 is 15.1 Å². The van der Waals surface area contributed by atoms with Crippen molar-refractivity contribution in [2.45, 2.75) is 71.0 Å². The van der Waals surface area contributed by atoms with Crippen LogP contribution in [0.25, 0.3) is 0 Å². The molecule has 0 bridgehead atoms. The number of amides is 1. The van der Waals surface area contributed by atoms with Gasteiger partial charge in [-0.3, -0.25) is 4.79 Å². The number of allylic oxidation sites excluding steroid dienone is 1. The molecule has 3 fully saturated rings. The monoisotopic (exact) mass is 361 g/mol. The molecule has 0 aliphatic heterocycles. The van der Waals surface area contributed by atoms with Crippen LogP contribution < -0.4 is 0 Å². The Morgan fingerprint density at radius 2 is 1.88 bits per heavy atom. The van der Waals surface area contributed by atoms with Gasteiger partial charge in [0, 0.05) is 20.0 Å². The van der Waals surface area contributed by atoms with Crippen LogP contribution in [0.4, 0.5) is 0 Å². The van der Waals surface area contributed by atoms with Crippen molar-refractivity contribution in [1.82, 2.24) is 4.90 Å². The quantitative estimate of drug-likeness (QED) is 0.706. The molecule has 26 heavy (non-hydrogen) atoms. The van der Waals surface area contributed by atoms with Crippen molar-refractivity contribution < 1.29 is 15.0 Å². The van der Waals surface area contributed by atoms with Gasteiger partial charge in [-0.25, -0.2) is 0 Å². The van der Waals surface area contributed by atoms with Crippen LogP contribution >= 0.6 is 0 Å². The fourth-order valence-corrected chi connectivity index (χ4v) is 7.56. The fraction of sp³-hybridized carbons (Fsp3) is 0.864. The summed E-state index contributed by atoms with van der Waals surface area (Å²) in [7, 11) is 3.71. The average molecular weight is 362 g/mol. The highest BCUT2D eigenvalue weighted by Gasteiger charge is 2.63. The number of aliphatic hydroxyl groups excluding tert-OH is 2. The lowest BCUT2D eigenvalue weighted by Crippen LogP contribution is -2.57. The Bertz CT molecular complexity index is 629. The van der Waals surface area contributed by atoms with Crippen molar-refractivity contribution in [3.05, 3.63) is 11.6 Å². The van der Waals surface area contributed by atoms with Crippen LogP contribution in [0.15, 0.2) is 11.6 Å². The first kappa shape index (κ1) is 18.5. The zero-order valence-electron chi connectivity index (χ0n) is 16.7. The summed E-state index contributed by atoms with van der Waals surface area (Å²) >= 11 is 0. The minimum absolute atomic E-state index is 0.0204. The molecule has 2 N–H and O–H groups in total. The van der Waals surface area contributed by atoms with E-state index in [1.54, 1.807) is 4.90 Å². The summed E-state index contributed by atoms with van der Waals surface area (Å²) < 4.78 is 0. The molecule has 4 rings (SSSR count). The minimum atomic E-state index is -0.347. The number of carbonyl (C=O) groups excluding carboxylic acids is 1. The second-order valence-electron chi connectivity index (χ2n) is 10.2. The highest BCUT2D eigenvalue weighted by Crippen LogP contribution is 2.66. The van der Waals surface area contributed by atoms with Crippen LogP contribution in [0.5, 0.6) is 0 Å². The zero-order valence-corrected chi connectivity index (χ0v) is 16.7. The standard InChI is InChI=1S/C22H35NO3/c1-21-10-9-14(24)11-13(21)5-6-15-16-7-8-17(20(26)23(3)4)22(16,2)12-18(25)19(15)21/h11,14-19,24-25H,5-10,12H2,1-4H3/t14-,15?,16?,17+,18-,19?,21-,22-/m0/s1. The van der Waals surface area contributed by atoms with Crippen molar-refractivity contribution in [3.8, 4) is 0 Å². The van der Waals surface area contributed by atoms with Gasteiger partial charge in [0.15, 0.2) is 0 Å². The number of carbonyl (C=O) groups is 1. The number of nitrogens with zero attached hydrogens (tertiary/aromatic N) is 1. The maximum absolute atomic E-state index is 12.8. The smallest absolute Gasteiger partial charge is 0.225 e. The molecule has 0 saturated heterocycles. The topological polar surface area (TPSA) is 60.8 Å². The SMILES string of the molecule is CN(C)C(=O)[C@H]1CCC2C3CCC4=C[C@@H](O)CC[C@]4(C)C3[C@@H](O)C[C@@]21C. The van der Waals surface area contributed by atoms with Crippen LogP contribution in [0.3, 0.4) is 0 Å². The Kier molecular flexibility index (Phi) is 4.31. The zero-order chi connectivity index (χ0) is 18.9. The van der Waals surface area contributed by atoms with Crippen LogP contribution in [0, 0.1) is 34.5 Å². The summed E-state index contributed by atoms with van der Waals surface area (Å²) in [6.45, 7) is 4.60. The number of rotatable bonds is 1. The summed E-state index contributed by atoms with van der Waals surface area (Å²) in [6.07, 6.45) is 8.16. The summed E-state index contributed by atoms with van der Waals surface area (Å²) in [5, 5.41) is 21.4. The first-order valence-corrected chi connectivity index (χ1v) is 10.5. The van der Waals surface area contributed by atoms with E-state index in [0.29, 0.717) is 11.8 Å². The first-order chi connectivity index (χ1) is 12.2. The van der Waals surface area contributed by atoms with Crippen LogP contribution in [0.2, 0.25) is 0 Å². The average Bonchev–Trinajstić information content (AvgIpc) is 2.90. The lowest BCUT2D eigenvalue weighted by Gasteiger charge is -2.60. The van der Waals surface area contributed by atoms with E-state index in [2.05, 4.69) is 19.9 Å². The van der Waals surface area contributed by atoms with Gasteiger partial charge in [0.2, 0.25) is 5.91 Å². The van der Waals surface area contributed by atoms with Gasteiger partial charge in [-0.1, -0.05) is 25.5 Å². The second-order valence-corrected chi connectivity index (χ2v) is 10.2. The molecule has 3 unspecified atom stereocenters. The van der Waals surface area contributed by atoms with E-state index in [-0.39, 0.29) is 40.8 Å². The molecule has 1 amide bonds. The molecular weight excluding hydrogens is 326 g/mol. The van der Waals surface area contributed by atoms with Crippen LogP contribution in [0.1, 0.15) is 58.8 Å². The van der Waals surface area contributed by atoms with Gasteiger partial charge in [0.05, 0.1) is 12.2 Å². The van der Waals surface area contributed by atoms with Gasteiger partial charge in [-0.2, -0.15) is 0 Å². The van der Waals surface area contributed by atoms with E-state index in [1.165, 1.54) is 5.57 Å². The molecule has 8 atom stereocenters. The highest BCUT2D eigenvalue weighted by atomic mass is 16.3. The summed E-state index contributed by atoms with van der Waals surface area (Å²) in [5.74, 6) is 1.61. The maximum Gasteiger partial charge on any atom is 0.225 e. The predicted octanol–water partition coefficient (Wildman–Crippen LogP) is 2.99. The minimum Gasteiger partial charge on any atom is -0.393 e. The number of hydrogen-bond donors (Lipinski definition) is 2. The lowest BCUT2D eigenvalue weighted by molar-refractivity contribution is -0.151. The van der Waals surface area contributed by atoms with Gasteiger partial charge in [-0.05, 0) is 73.5 Å². The molecule has 4 aliphatic rings. The van der Waals surface area contributed by atoms with E-state index >= 15 is 0 Å². The van der Waals surface area contributed by atoms with Gasteiger partial charge in [0.1, 0.15) is 0 Å². The van der Waals surface area contributed by atoms with E-state index < -0.39 is 0 Å². The molecular formula is C22H35NO3. The lowest BCUT2D eigenvalue weighted by atomic mass is 9.46. The normalized spacial score (nSPS) is 50.3. The maximum atomic E-state index is 12.8. The van der Waals surface area contributed by atoms with E-state index in [4.69, 9.17) is 0 Å². The molecule has 0 heterocycles. The van der Waals surface area contributed by atoms with Gasteiger partial charge in [0.25, 0.3) is 0 Å². The van der Waals surface area contributed by atoms with Gasteiger partial charge in [-0.15, -0.1) is 0 Å². The molecule has 0 spiro atoms. The highest BCUT2D eigenvalue weighted by molar-refractivity contribution is 5.79. The summed E-state index contributed by atoms with van der Waals surface area (Å²) in [6, 6.07) is 0. The molecule has 146 valence electrons. The molecule has 3 saturated carbocycles. The summed E-state index contributed by atoms with van der Waals surface area (Å²) in [5.41, 5.74) is 1.32. The van der Waals surface area contributed by atoms with Crippen LogP contribution in [-0.4, -0.2) is 47.3 Å². The van der Waals surface area contributed by atoms with Crippen molar-refractivity contribution >= 4 is 5.91 Å². The third-order valence-electron chi connectivity index (χ3n) is 8.76. The number of hydrogen-bond acceptors (Lipinski definition) is 3. The fourth-order valence-electron chi connectivity index (χ4n) is 7.56. The van der Waals surface area contributed by atoms with Gasteiger partial charge >= 0.3 is 0 Å². The van der Waals surface area contributed by atoms with Crippen molar-refractivity contribution in [1.29, 1.82) is 0 Å². The van der Waals surface area contributed by atoms with E-state index in [1.807, 2.05) is 14.1 Å². The first-order valence-electron chi connectivity index (χ1n) is 10.5. The Morgan fingerprint density at radius 1 is 1.15 bits per heavy atom. The molecule has 4 heteroatoms. The van der Waals surface area contributed by atoms with Crippen molar-refractivity contribution in [2.75, 3.05) is 14.1 Å². The Hall–Kier alpha value is -0.870. The Morgan fingerprint density at radius 3 is 2.58 bits per heavy atom. The Labute approximate surface area is 157 Å². The van der Waals surface area contributed by atoms with E-state index in [0.717, 1.165) is 44.9 Å². The number of aliphatic hydroxyl groups is 2. The predicted molar refractivity (Wildman–Crippen MR) is 101 cm³/mol. The molecule has 0 aromatic rings. The third-order valence-corrected chi connectivity index (χ3v) is 8.76. The molecule has 4 nitrogen and oxygen atoms in total. The molecule has 0 radical (unpaired) electrons. The second kappa shape index (κ2) is 6.07.